The van der Waals surface area contributed by atoms with Gasteiger partial charge in [0.1, 0.15) is 17.3 Å². The predicted octanol–water partition coefficient (Wildman–Crippen LogP) is 4.27. The second kappa shape index (κ2) is 11.3. The van der Waals surface area contributed by atoms with Crippen molar-refractivity contribution in [3.63, 3.8) is 0 Å². The van der Waals surface area contributed by atoms with E-state index in [1.807, 2.05) is 11.9 Å². The SMILES string of the molecule is CCN1CCC(NC(=O)c2cc(F)c(Nc3ncc4c(n3)N(C3CCCC3)N(CC)C(=O)N4C)cc2F)CC1. The number of rotatable bonds is 7. The van der Waals surface area contributed by atoms with E-state index in [4.69, 9.17) is 0 Å². The summed E-state index contributed by atoms with van der Waals surface area (Å²) in [7, 11) is 1.66. The van der Waals surface area contributed by atoms with Crippen molar-refractivity contribution in [3.8, 4) is 0 Å². The summed E-state index contributed by atoms with van der Waals surface area (Å²) < 4.78 is 30.1. The lowest BCUT2D eigenvalue weighted by Gasteiger charge is -2.45. The van der Waals surface area contributed by atoms with Crippen molar-refractivity contribution in [2.75, 3.05) is 48.5 Å². The summed E-state index contributed by atoms with van der Waals surface area (Å²) in [5.41, 5.74) is 0.0271. The molecule has 2 aliphatic heterocycles. The molecule has 12 heteroatoms. The number of carbonyl (C=O) groups excluding carboxylic acids is 2. The van der Waals surface area contributed by atoms with E-state index >= 15 is 8.78 Å². The number of amides is 3. The highest BCUT2D eigenvalue weighted by atomic mass is 19.1. The number of hydrogen-bond donors (Lipinski definition) is 2. The van der Waals surface area contributed by atoms with Crippen LogP contribution in [-0.4, -0.2) is 77.1 Å². The molecule has 3 heterocycles. The zero-order valence-corrected chi connectivity index (χ0v) is 22.7. The third-order valence-electron chi connectivity index (χ3n) is 7.98. The van der Waals surface area contributed by atoms with Crippen molar-refractivity contribution in [1.29, 1.82) is 0 Å². The highest BCUT2D eigenvalue weighted by molar-refractivity contribution is 5.99. The Kier molecular flexibility index (Phi) is 7.83. The van der Waals surface area contributed by atoms with Crippen LogP contribution in [0.15, 0.2) is 18.3 Å². The quantitative estimate of drug-likeness (QED) is 0.540. The molecule has 210 valence electrons. The Balaban J connectivity index is 1.36. The molecule has 1 saturated carbocycles. The molecular weight excluding hydrogens is 506 g/mol. The standard InChI is InChI=1S/C27H36F2N8O2/c1-4-35-12-10-17(11-13-35)31-25(38)19-14-21(29)22(15-20(19)28)32-26-30-16-23-24(33-26)37(18-8-6-7-9-18)36(5-2)27(39)34(23)3/h14-18H,4-13H2,1-3H3,(H,31,38)(H,30,32,33). The topological polar surface area (TPSA) is 96.9 Å². The number of piperidine rings is 1. The minimum absolute atomic E-state index is 0.0636. The molecule has 1 aromatic heterocycles. The third-order valence-corrected chi connectivity index (χ3v) is 7.98. The van der Waals surface area contributed by atoms with E-state index < -0.39 is 17.5 Å². The zero-order chi connectivity index (χ0) is 27.7. The molecule has 10 nitrogen and oxygen atoms in total. The highest BCUT2D eigenvalue weighted by Gasteiger charge is 2.39. The Bertz CT molecular complexity index is 1230. The van der Waals surface area contributed by atoms with Crippen molar-refractivity contribution in [3.05, 3.63) is 35.5 Å². The normalized spacial score (nSPS) is 19.0. The van der Waals surface area contributed by atoms with Gasteiger partial charge >= 0.3 is 6.03 Å². The van der Waals surface area contributed by atoms with Crippen LogP contribution in [0.5, 0.6) is 0 Å². The van der Waals surface area contributed by atoms with Gasteiger partial charge in [-0.2, -0.15) is 4.98 Å². The number of carbonyl (C=O) groups is 2. The first kappa shape index (κ1) is 27.0. The van der Waals surface area contributed by atoms with Crippen molar-refractivity contribution in [2.24, 2.45) is 0 Å². The molecule has 0 atom stereocenters. The first-order valence-electron chi connectivity index (χ1n) is 13.8. The van der Waals surface area contributed by atoms with Gasteiger partial charge in [0.15, 0.2) is 5.82 Å². The van der Waals surface area contributed by atoms with Crippen LogP contribution in [0.2, 0.25) is 0 Å². The van der Waals surface area contributed by atoms with E-state index in [0.29, 0.717) is 18.1 Å². The molecule has 0 unspecified atom stereocenters. The van der Waals surface area contributed by atoms with E-state index in [2.05, 4.69) is 32.4 Å². The molecule has 0 spiro atoms. The molecule has 2 aromatic rings. The molecule has 1 aromatic carbocycles. The number of benzene rings is 1. The first-order valence-corrected chi connectivity index (χ1v) is 13.8. The van der Waals surface area contributed by atoms with Crippen LogP contribution in [0.4, 0.5) is 36.7 Å². The third kappa shape index (κ3) is 5.34. The largest absolute Gasteiger partial charge is 0.349 e. The number of hydrogen-bond acceptors (Lipinski definition) is 7. The van der Waals surface area contributed by atoms with Crippen LogP contribution < -0.4 is 20.5 Å². The summed E-state index contributed by atoms with van der Waals surface area (Å²) in [6.07, 6.45) is 7.05. The van der Waals surface area contributed by atoms with Crippen LogP contribution >= 0.6 is 0 Å². The number of nitrogens with one attached hydrogen (secondary N) is 2. The molecular formula is C27H36F2N8O2. The van der Waals surface area contributed by atoms with Gasteiger partial charge in [-0.3, -0.25) is 14.7 Å². The van der Waals surface area contributed by atoms with Crippen LogP contribution in [0, 0.1) is 11.6 Å². The average molecular weight is 543 g/mol. The lowest BCUT2D eigenvalue weighted by Crippen LogP contribution is -2.59. The molecule has 3 amide bonds. The molecule has 1 saturated heterocycles. The molecule has 1 aliphatic carbocycles. The maximum atomic E-state index is 15.1. The Morgan fingerprint density at radius 3 is 2.44 bits per heavy atom. The number of fused-ring (bicyclic) bond motifs is 1. The van der Waals surface area contributed by atoms with Gasteiger partial charge in [-0.15, -0.1) is 0 Å². The summed E-state index contributed by atoms with van der Waals surface area (Å²) >= 11 is 0. The minimum atomic E-state index is -0.838. The fourth-order valence-corrected chi connectivity index (χ4v) is 5.71. The molecule has 2 N–H and O–H groups in total. The molecule has 0 radical (unpaired) electrons. The lowest BCUT2D eigenvalue weighted by molar-refractivity contribution is 0.0908. The van der Waals surface area contributed by atoms with Crippen molar-refractivity contribution in [2.45, 2.75) is 64.5 Å². The molecule has 5 rings (SSSR count). The minimum Gasteiger partial charge on any atom is -0.349 e. The molecule has 0 bridgehead atoms. The summed E-state index contributed by atoms with van der Waals surface area (Å²) in [6.45, 7) is 7.13. The number of anilines is 4. The van der Waals surface area contributed by atoms with Gasteiger partial charge in [0.05, 0.1) is 23.5 Å². The van der Waals surface area contributed by atoms with Gasteiger partial charge in [-0.05, 0) is 45.2 Å². The number of urea groups is 1. The van der Waals surface area contributed by atoms with E-state index in [1.165, 1.54) is 11.1 Å². The monoisotopic (exact) mass is 542 g/mol. The summed E-state index contributed by atoms with van der Waals surface area (Å²) in [6, 6.07) is 1.74. The van der Waals surface area contributed by atoms with Gasteiger partial charge in [0, 0.05) is 38.8 Å². The second-order valence-corrected chi connectivity index (χ2v) is 10.4. The molecule has 3 aliphatic rings. The van der Waals surface area contributed by atoms with Crippen LogP contribution in [-0.2, 0) is 0 Å². The predicted molar refractivity (Wildman–Crippen MR) is 145 cm³/mol. The van der Waals surface area contributed by atoms with E-state index in [0.717, 1.165) is 70.3 Å². The fourth-order valence-electron chi connectivity index (χ4n) is 5.71. The first-order chi connectivity index (χ1) is 18.8. The van der Waals surface area contributed by atoms with Gasteiger partial charge < -0.3 is 15.5 Å². The van der Waals surface area contributed by atoms with Crippen molar-refractivity contribution >= 4 is 35.1 Å². The van der Waals surface area contributed by atoms with E-state index in [-0.39, 0.29) is 35.3 Å². The van der Waals surface area contributed by atoms with Crippen molar-refractivity contribution < 1.29 is 18.4 Å². The van der Waals surface area contributed by atoms with Crippen LogP contribution in [0.25, 0.3) is 0 Å². The fraction of sp³-hybridized carbons (Fsp3) is 0.556. The number of halogens is 2. The highest BCUT2D eigenvalue weighted by Crippen LogP contribution is 2.39. The smallest absolute Gasteiger partial charge is 0.343 e. The van der Waals surface area contributed by atoms with E-state index in [9.17, 15) is 9.59 Å². The Morgan fingerprint density at radius 1 is 1.05 bits per heavy atom. The Morgan fingerprint density at radius 2 is 1.77 bits per heavy atom. The maximum Gasteiger partial charge on any atom is 0.343 e. The number of nitrogens with zero attached hydrogens (tertiary/aromatic N) is 6. The van der Waals surface area contributed by atoms with Crippen LogP contribution in [0.3, 0.4) is 0 Å². The average Bonchev–Trinajstić information content (AvgIpc) is 3.47. The number of aromatic nitrogens is 2. The Hall–Kier alpha value is -3.54. The molecule has 2 fully saturated rings. The Labute approximate surface area is 227 Å². The van der Waals surface area contributed by atoms with Gasteiger partial charge in [-0.25, -0.2) is 23.6 Å². The number of likely N-dealkylation sites (tertiary alicyclic amines) is 1. The summed E-state index contributed by atoms with van der Waals surface area (Å²) in [4.78, 5) is 38.4. The lowest BCUT2D eigenvalue weighted by atomic mass is 10.0. The zero-order valence-electron chi connectivity index (χ0n) is 22.7. The van der Waals surface area contributed by atoms with Gasteiger partial charge in [-0.1, -0.05) is 19.8 Å². The second-order valence-electron chi connectivity index (χ2n) is 10.4. The van der Waals surface area contributed by atoms with Gasteiger partial charge in [0.2, 0.25) is 5.95 Å². The summed E-state index contributed by atoms with van der Waals surface area (Å²) in [5.74, 6) is -1.66. The maximum absolute atomic E-state index is 15.1. The summed E-state index contributed by atoms with van der Waals surface area (Å²) in [5, 5.41) is 9.19. The van der Waals surface area contributed by atoms with E-state index in [1.54, 1.807) is 12.1 Å². The van der Waals surface area contributed by atoms with Crippen LogP contribution in [0.1, 0.15) is 62.7 Å². The van der Waals surface area contributed by atoms with Crippen molar-refractivity contribution in [1.82, 2.24) is 25.2 Å². The van der Waals surface area contributed by atoms with Gasteiger partial charge in [0.25, 0.3) is 5.91 Å². The molecule has 39 heavy (non-hydrogen) atoms. The number of hydrazine groups is 1.